The summed E-state index contributed by atoms with van der Waals surface area (Å²) in [5, 5.41) is 6.49. The summed E-state index contributed by atoms with van der Waals surface area (Å²) >= 11 is 0. The van der Waals surface area contributed by atoms with Crippen LogP contribution in [0, 0.1) is 0 Å². The second-order valence-corrected chi connectivity index (χ2v) is 5.93. The van der Waals surface area contributed by atoms with E-state index in [4.69, 9.17) is 0 Å². The fourth-order valence-corrected chi connectivity index (χ4v) is 3.24. The van der Waals surface area contributed by atoms with E-state index in [0.29, 0.717) is 0 Å². The van der Waals surface area contributed by atoms with E-state index >= 15 is 0 Å². The van der Waals surface area contributed by atoms with Gasteiger partial charge in [-0.25, -0.2) is 0 Å². The molecule has 0 aliphatic carbocycles. The highest BCUT2D eigenvalue weighted by Crippen LogP contribution is 2.17. The van der Waals surface area contributed by atoms with Crippen molar-refractivity contribution in [2.45, 2.75) is 38.6 Å². The average Bonchev–Trinajstić information content (AvgIpc) is 2.93. The molecule has 2 rings (SSSR count). The van der Waals surface area contributed by atoms with Crippen LogP contribution in [0.5, 0.6) is 0 Å². The van der Waals surface area contributed by atoms with Crippen molar-refractivity contribution in [2.75, 3.05) is 52.4 Å². The Hall–Kier alpha value is -0.0700. The summed E-state index contributed by atoms with van der Waals surface area (Å²) in [6, 6.07) is 0.133. The van der Waals surface area contributed by atoms with E-state index in [1.807, 2.05) is 0 Å². The van der Waals surface area contributed by atoms with Gasteiger partial charge in [-0.05, 0) is 45.3 Å². The highest BCUT2D eigenvalue weighted by atomic mass is 35.5. The van der Waals surface area contributed by atoms with Gasteiger partial charge in [0.2, 0.25) is 5.91 Å². The second kappa shape index (κ2) is 12.4. The van der Waals surface area contributed by atoms with Gasteiger partial charge in [-0.3, -0.25) is 9.69 Å². The molecule has 2 fully saturated rings. The zero-order chi connectivity index (χ0) is 14.2. The molecule has 2 saturated heterocycles. The van der Waals surface area contributed by atoms with Crippen LogP contribution in [-0.2, 0) is 4.79 Å². The second-order valence-electron chi connectivity index (χ2n) is 5.93. The third-order valence-electron chi connectivity index (χ3n) is 4.34. The molecule has 0 aromatic heterocycles. The summed E-state index contributed by atoms with van der Waals surface area (Å²) in [6.07, 6.45) is 4.39. The number of nitrogens with zero attached hydrogens (tertiary/aromatic N) is 2. The fourth-order valence-electron chi connectivity index (χ4n) is 3.24. The molecular formula is C15H32Cl2N4O. The van der Waals surface area contributed by atoms with Gasteiger partial charge in [0.15, 0.2) is 0 Å². The molecule has 22 heavy (non-hydrogen) atoms. The van der Waals surface area contributed by atoms with Crippen molar-refractivity contribution >= 4 is 30.7 Å². The largest absolute Gasteiger partial charge is 0.355 e. The van der Waals surface area contributed by atoms with Gasteiger partial charge in [0.05, 0.1) is 6.04 Å². The predicted octanol–water partition coefficient (Wildman–Crippen LogP) is 1.12. The molecule has 5 nitrogen and oxygen atoms in total. The van der Waals surface area contributed by atoms with Crippen LogP contribution >= 0.6 is 24.8 Å². The molecule has 0 spiro atoms. The Morgan fingerprint density at radius 2 is 1.91 bits per heavy atom. The molecule has 2 heterocycles. The Morgan fingerprint density at radius 3 is 2.59 bits per heavy atom. The van der Waals surface area contributed by atoms with Crippen molar-refractivity contribution in [3.8, 4) is 0 Å². The van der Waals surface area contributed by atoms with E-state index in [1.54, 1.807) is 0 Å². The van der Waals surface area contributed by atoms with Crippen molar-refractivity contribution in [3.05, 3.63) is 0 Å². The monoisotopic (exact) mass is 354 g/mol. The van der Waals surface area contributed by atoms with Crippen LogP contribution in [0.2, 0.25) is 0 Å². The van der Waals surface area contributed by atoms with Crippen molar-refractivity contribution in [1.29, 1.82) is 0 Å². The molecule has 0 aromatic carbocycles. The van der Waals surface area contributed by atoms with Crippen molar-refractivity contribution in [3.63, 3.8) is 0 Å². The normalized spacial score (nSPS) is 22.7. The topological polar surface area (TPSA) is 47.6 Å². The number of hydrogen-bond donors (Lipinski definition) is 2. The lowest BCUT2D eigenvalue weighted by Gasteiger charge is -2.27. The van der Waals surface area contributed by atoms with Crippen molar-refractivity contribution in [2.24, 2.45) is 0 Å². The van der Waals surface area contributed by atoms with Gasteiger partial charge in [-0.15, -0.1) is 24.8 Å². The standard InChI is InChI=1S/C15H30N4O.2ClH/c1-2-9-19-11-3-5-14(19)15(20)17-6-4-10-18-12-7-16-8-13-18;;/h14,16H,2-13H2,1H3,(H,17,20);2*1H. The predicted molar refractivity (Wildman–Crippen MR) is 96.3 cm³/mol. The summed E-state index contributed by atoms with van der Waals surface area (Å²) < 4.78 is 0. The number of likely N-dealkylation sites (tertiary alicyclic amines) is 1. The maximum atomic E-state index is 12.2. The first-order valence-electron chi connectivity index (χ1n) is 8.26. The molecule has 1 unspecified atom stereocenters. The SMILES string of the molecule is CCCN1CCCC1C(=O)NCCCN1CCNCC1.Cl.Cl. The van der Waals surface area contributed by atoms with Gasteiger partial charge in [-0.2, -0.15) is 0 Å². The first-order chi connectivity index (χ1) is 9.81. The number of piperazine rings is 1. The summed E-state index contributed by atoms with van der Waals surface area (Å²) in [4.78, 5) is 17.0. The average molecular weight is 355 g/mol. The number of amides is 1. The van der Waals surface area contributed by atoms with Gasteiger partial charge in [-0.1, -0.05) is 6.92 Å². The molecule has 0 aromatic rings. The Morgan fingerprint density at radius 1 is 1.18 bits per heavy atom. The van der Waals surface area contributed by atoms with Gasteiger partial charge >= 0.3 is 0 Å². The minimum absolute atomic E-state index is 0. The lowest BCUT2D eigenvalue weighted by atomic mass is 10.2. The lowest BCUT2D eigenvalue weighted by Crippen LogP contribution is -2.46. The number of halogens is 2. The Kier molecular flexibility index (Phi) is 12.3. The van der Waals surface area contributed by atoms with Gasteiger partial charge in [0, 0.05) is 32.7 Å². The number of hydrogen-bond acceptors (Lipinski definition) is 4. The number of rotatable bonds is 7. The molecule has 2 aliphatic rings. The highest BCUT2D eigenvalue weighted by molar-refractivity contribution is 5.85. The van der Waals surface area contributed by atoms with Crippen LogP contribution in [-0.4, -0.2) is 74.1 Å². The van der Waals surface area contributed by atoms with Crippen molar-refractivity contribution in [1.82, 2.24) is 20.4 Å². The minimum Gasteiger partial charge on any atom is -0.355 e. The number of carbonyl (C=O) groups is 1. The molecule has 2 aliphatic heterocycles. The molecule has 0 saturated carbocycles. The first kappa shape index (κ1) is 21.9. The third-order valence-corrected chi connectivity index (χ3v) is 4.34. The van der Waals surface area contributed by atoms with Gasteiger partial charge in [0.1, 0.15) is 0 Å². The zero-order valence-corrected chi connectivity index (χ0v) is 15.3. The molecule has 0 radical (unpaired) electrons. The summed E-state index contributed by atoms with van der Waals surface area (Å²) in [5.74, 6) is 0.247. The van der Waals surface area contributed by atoms with Crippen LogP contribution in [0.25, 0.3) is 0 Å². The van der Waals surface area contributed by atoms with Gasteiger partial charge in [0.25, 0.3) is 0 Å². The maximum Gasteiger partial charge on any atom is 0.237 e. The lowest BCUT2D eigenvalue weighted by molar-refractivity contribution is -0.125. The molecule has 2 N–H and O–H groups in total. The van der Waals surface area contributed by atoms with E-state index in [-0.39, 0.29) is 36.8 Å². The molecule has 7 heteroatoms. The minimum atomic E-state index is 0. The molecule has 132 valence electrons. The number of nitrogens with one attached hydrogen (secondary N) is 2. The van der Waals surface area contributed by atoms with E-state index in [9.17, 15) is 4.79 Å². The fraction of sp³-hybridized carbons (Fsp3) is 0.933. The quantitative estimate of drug-likeness (QED) is 0.672. The first-order valence-corrected chi connectivity index (χ1v) is 8.26. The number of carbonyl (C=O) groups excluding carboxylic acids is 1. The van der Waals surface area contributed by atoms with E-state index in [1.165, 1.54) is 6.42 Å². The smallest absolute Gasteiger partial charge is 0.237 e. The molecule has 0 bridgehead atoms. The third kappa shape index (κ3) is 7.01. The molecular weight excluding hydrogens is 323 g/mol. The van der Waals surface area contributed by atoms with Crippen LogP contribution < -0.4 is 10.6 Å². The Bertz CT molecular complexity index is 301. The van der Waals surface area contributed by atoms with Gasteiger partial charge < -0.3 is 15.5 Å². The maximum absolute atomic E-state index is 12.2. The Balaban J connectivity index is 0.00000220. The Labute approximate surface area is 147 Å². The molecule has 1 atom stereocenters. The van der Waals surface area contributed by atoms with Crippen LogP contribution in [0.3, 0.4) is 0 Å². The zero-order valence-electron chi connectivity index (χ0n) is 13.7. The highest BCUT2D eigenvalue weighted by Gasteiger charge is 2.29. The van der Waals surface area contributed by atoms with E-state index in [0.717, 1.165) is 71.6 Å². The van der Waals surface area contributed by atoms with Crippen LogP contribution in [0.4, 0.5) is 0 Å². The van der Waals surface area contributed by atoms with Crippen molar-refractivity contribution < 1.29 is 4.79 Å². The van der Waals surface area contributed by atoms with Crippen LogP contribution in [0.15, 0.2) is 0 Å². The van der Waals surface area contributed by atoms with E-state index in [2.05, 4.69) is 27.4 Å². The van der Waals surface area contributed by atoms with E-state index < -0.39 is 0 Å². The summed E-state index contributed by atoms with van der Waals surface area (Å²) in [5.41, 5.74) is 0. The van der Waals surface area contributed by atoms with Crippen LogP contribution in [0.1, 0.15) is 32.6 Å². The summed E-state index contributed by atoms with van der Waals surface area (Å²) in [6.45, 7) is 10.7. The molecule has 1 amide bonds. The summed E-state index contributed by atoms with van der Waals surface area (Å²) in [7, 11) is 0.